The number of nitrogens with one attached hydrogen (secondary N) is 1. The second-order valence-electron chi connectivity index (χ2n) is 9.73. The minimum atomic E-state index is -4.87. The van der Waals surface area contributed by atoms with Gasteiger partial charge in [-0.15, -0.1) is 0 Å². The number of oxime groups is 1. The molecule has 1 aliphatic carbocycles. The van der Waals surface area contributed by atoms with Crippen molar-refractivity contribution in [2.24, 2.45) is 5.16 Å². The number of sulfone groups is 1. The van der Waals surface area contributed by atoms with Crippen molar-refractivity contribution in [3.05, 3.63) is 48.8 Å². The number of carbonyl (C=O) groups is 1. The van der Waals surface area contributed by atoms with Crippen molar-refractivity contribution in [1.82, 2.24) is 5.32 Å². The van der Waals surface area contributed by atoms with E-state index >= 15 is 0 Å². The fourth-order valence-corrected chi connectivity index (χ4v) is 8.36. The van der Waals surface area contributed by atoms with Gasteiger partial charge in [-0.05, 0) is 56.2 Å². The second-order valence-corrected chi connectivity index (χ2v) is 14.2. The molecule has 1 aromatic heterocycles. The molecule has 3 heterocycles. The van der Waals surface area contributed by atoms with Gasteiger partial charge in [-0.1, -0.05) is 51.3 Å². The minimum Gasteiger partial charge on any atom is -0.399 e. The van der Waals surface area contributed by atoms with Crippen LogP contribution in [-0.2, 0) is 33.1 Å². The number of alkyl halides is 3. The molecular weight excluding hydrogens is 624 g/mol. The molecule has 1 saturated heterocycles. The first-order valence-corrected chi connectivity index (χ1v) is 15.9. The largest absolute Gasteiger partial charge is 0.435 e. The van der Waals surface area contributed by atoms with Gasteiger partial charge in [0.15, 0.2) is 5.06 Å². The van der Waals surface area contributed by atoms with E-state index in [9.17, 15) is 26.4 Å². The maximum atomic E-state index is 14.5. The van der Waals surface area contributed by atoms with Crippen molar-refractivity contribution in [2.45, 2.75) is 62.8 Å². The van der Waals surface area contributed by atoms with Crippen molar-refractivity contribution in [3.63, 3.8) is 0 Å². The van der Waals surface area contributed by atoms with Crippen LogP contribution in [0.25, 0.3) is 0 Å². The maximum Gasteiger partial charge on any atom is 0.435 e. The molecule has 212 valence electrons. The van der Waals surface area contributed by atoms with Crippen molar-refractivity contribution in [3.8, 4) is 5.06 Å². The highest BCUT2D eigenvalue weighted by molar-refractivity contribution is 7.91. The van der Waals surface area contributed by atoms with Gasteiger partial charge in [-0.2, -0.15) is 13.2 Å². The smallest absolute Gasteiger partial charge is 0.399 e. The lowest BCUT2D eigenvalue weighted by Gasteiger charge is -2.30. The SMILES string of the molecule is O=C(NC1CCS(=O)(=O)CC1)Oc1sc(C2=NOC(c3cc(Cl)c(Cl)c(Cl)c3)(C(F)(F)F)C2)c2c1CCCC2. The number of hydrogen-bond acceptors (Lipinski definition) is 7. The number of fused-ring (bicyclic) bond motifs is 1. The standard InChI is InChI=1S/C24H22Cl3F3N2O5S2/c25-16-9-12(10-17(26)19(16)27)23(24(28,29)30)11-18(32-37-23)20-14-3-1-2-4-15(14)21(38-20)36-22(33)31-13-5-7-39(34,35)8-6-13/h9-10,13H,1-8,11H2,(H,31,33). The maximum absolute atomic E-state index is 14.5. The van der Waals surface area contributed by atoms with E-state index < -0.39 is 34.1 Å². The van der Waals surface area contributed by atoms with E-state index in [0.29, 0.717) is 17.7 Å². The molecule has 0 saturated carbocycles. The van der Waals surface area contributed by atoms with E-state index in [0.717, 1.165) is 47.4 Å². The molecule has 1 atom stereocenters. The van der Waals surface area contributed by atoms with Gasteiger partial charge >= 0.3 is 12.3 Å². The summed E-state index contributed by atoms with van der Waals surface area (Å²) in [5, 5.41) is 6.49. The van der Waals surface area contributed by atoms with Crippen molar-refractivity contribution < 1.29 is 36.0 Å². The Morgan fingerprint density at radius 3 is 2.33 bits per heavy atom. The highest BCUT2D eigenvalue weighted by atomic mass is 35.5. The summed E-state index contributed by atoms with van der Waals surface area (Å²) in [6.45, 7) is 0. The molecule has 0 spiro atoms. The van der Waals surface area contributed by atoms with E-state index in [1.807, 2.05) is 0 Å². The van der Waals surface area contributed by atoms with Crippen LogP contribution in [0.5, 0.6) is 5.06 Å². The van der Waals surface area contributed by atoms with Crippen molar-refractivity contribution >= 4 is 67.8 Å². The second kappa shape index (κ2) is 10.6. The summed E-state index contributed by atoms with van der Waals surface area (Å²) in [6.07, 6.45) is -2.84. The first kappa shape index (κ1) is 28.8. The Hall–Kier alpha value is -1.73. The number of ether oxygens (including phenoxy) is 1. The van der Waals surface area contributed by atoms with Crippen LogP contribution in [0.15, 0.2) is 17.3 Å². The average molecular weight is 646 g/mol. The van der Waals surface area contributed by atoms with Crippen LogP contribution in [0.4, 0.5) is 18.0 Å². The summed E-state index contributed by atoms with van der Waals surface area (Å²) in [6, 6.07) is 1.80. The lowest BCUT2D eigenvalue weighted by Crippen LogP contribution is -2.42. The Bertz CT molecular complexity index is 1420. The van der Waals surface area contributed by atoms with Crippen molar-refractivity contribution in [1.29, 1.82) is 0 Å². The molecule has 2 aromatic rings. The Morgan fingerprint density at radius 1 is 1.10 bits per heavy atom. The van der Waals surface area contributed by atoms with Gasteiger partial charge in [0.2, 0.25) is 0 Å². The van der Waals surface area contributed by atoms with Crippen LogP contribution in [-0.4, -0.2) is 43.9 Å². The molecule has 1 N–H and O–H groups in total. The molecule has 1 aromatic carbocycles. The first-order chi connectivity index (χ1) is 18.3. The van der Waals surface area contributed by atoms with Crippen LogP contribution < -0.4 is 10.1 Å². The van der Waals surface area contributed by atoms with Gasteiger partial charge in [0.25, 0.3) is 5.60 Å². The quantitative estimate of drug-likeness (QED) is 0.368. The fraction of sp³-hybridized carbons (Fsp3) is 0.500. The van der Waals surface area contributed by atoms with Crippen LogP contribution in [0.2, 0.25) is 15.1 Å². The fourth-order valence-electron chi connectivity index (χ4n) is 5.04. The van der Waals surface area contributed by atoms with E-state index in [1.54, 1.807) is 0 Å². The number of carbonyl (C=O) groups excluding carboxylic acids is 1. The molecule has 15 heteroatoms. The average Bonchev–Trinajstić information content (AvgIpc) is 3.47. The molecule has 7 nitrogen and oxygen atoms in total. The Kier molecular flexibility index (Phi) is 7.82. The lowest BCUT2D eigenvalue weighted by atomic mass is 9.86. The minimum absolute atomic E-state index is 0.0126. The third-order valence-electron chi connectivity index (χ3n) is 7.14. The summed E-state index contributed by atoms with van der Waals surface area (Å²) < 4.78 is 72.5. The highest BCUT2D eigenvalue weighted by Crippen LogP contribution is 2.52. The molecule has 5 rings (SSSR count). The topological polar surface area (TPSA) is 94.1 Å². The van der Waals surface area contributed by atoms with Gasteiger partial charge in [0, 0.05) is 17.2 Å². The van der Waals surface area contributed by atoms with Crippen LogP contribution in [0, 0.1) is 0 Å². The molecule has 0 radical (unpaired) electrons. The van der Waals surface area contributed by atoms with Gasteiger partial charge < -0.3 is 14.9 Å². The number of nitrogens with zero attached hydrogens (tertiary/aromatic N) is 1. The number of halogens is 6. The predicted molar refractivity (Wildman–Crippen MR) is 143 cm³/mol. The summed E-state index contributed by atoms with van der Waals surface area (Å²) in [5.74, 6) is -0.0252. The van der Waals surface area contributed by atoms with Crippen LogP contribution in [0.1, 0.15) is 53.7 Å². The predicted octanol–water partition coefficient (Wildman–Crippen LogP) is 6.83. The normalized spacial score (nSPS) is 23.1. The Balaban J connectivity index is 1.41. The number of thiophene rings is 1. The first-order valence-electron chi connectivity index (χ1n) is 12.1. The monoisotopic (exact) mass is 644 g/mol. The molecule has 0 bridgehead atoms. The molecule has 3 aliphatic rings. The summed E-state index contributed by atoms with van der Waals surface area (Å²) in [7, 11) is -3.09. The van der Waals surface area contributed by atoms with Gasteiger partial charge in [-0.3, -0.25) is 0 Å². The zero-order valence-corrected chi connectivity index (χ0v) is 24.1. The Morgan fingerprint density at radius 2 is 1.72 bits per heavy atom. The molecule has 1 fully saturated rings. The zero-order valence-electron chi connectivity index (χ0n) is 20.2. The lowest BCUT2D eigenvalue weighted by molar-refractivity contribution is -0.275. The van der Waals surface area contributed by atoms with Crippen LogP contribution >= 0.6 is 46.1 Å². The third-order valence-corrected chi connectivity index (χ3v) is 11.3. The molecule has 1 amide bonds. The summed E-state index contributed by atoms with van der Waals surface area (Å²) in [4.78, 5) is 18.3. The Labute approximate surface area is 241 Å². The van der Waals surface area contributed by atoms with E-state index in [2.05, 4.69) is 10.5 Å². The third kappa shape index (κ3) is 5.59. The zero-order chi connectivity index (χ0) is 28.2. The number of benzene rings is 1. The number of hydrogen-bond donors (Lipinski definition) is 1. The molecule has 2 aliphatic heterocycles. The van der Waals surface area contributed by atoms with E-state index in [-0.39, 0.29) is 61.8 Å². The highest BCUT2D eigenvalue weighted by Gasteiger charge is 2.63. The molecule has 1 unspecified atom stereocenters. The van der Waals surface area contributed by atoms with Gasteiger partial charge in [0.1, 0.15) is 15.5 Å². The van der Waals surface area contributed by atoms with E-state index in [1.165, 1.54) is 0 Å². The number of rotatable bonds is 4. The number of amides is 1. The van der Waals surface area contributed by atoms with Gasteiger partial charge in [0.05, 0.1) is 37.9 Å². The van der Waals surface area contributed by atoms with E-state index in [4.69, 9.17) is 44.4 Å². The van der Waals surface area contributed by atoms with Crippen molar-refractivity contribution in [2.75, 3.05) is 11.5 Å². The molecular formula is C24H22Cl3F3N2O5S2. The van der Waals surface area contributed by atoms with Gasteiger partial charge in [-0.25, -0.2) is 13.2 Å². The summed E-state index contributed by atoms with van der Waals surface area (Å²) >= 11 is 19.1. The summed E-state index contributed by atoms with van der Waals surface area (Å²) in [5.41, 5.74) is -1.54. The van der Waals surface area contributed by atoms with Crippen LogP contribution in [0.3, 0.4) is 0 Å². The molecule has 39 heavy (non-hydrogen) atoms.